The van der Waals surface area contributed by atoms with E-state index in [1.54, 1.807) is 21.9 Å². The van der Waals surface area contributed by atoms with Gasteiger partial charge in [-0.2, -0.15) is 0 Å². The number of nitrogens with zero attached hydrogens (tertiary/aromatic N) is 2. The summed E-state index contributed by atoms with van der Waals surface area (Å²) in [6.45, 7) is 1.59. The summed E-state index contributed by atoms with van der Waals surface area (Å²) < 4.78 is 27.6. The number of carbonyl (C=O) groups excluding carboxylic acids is 2. The molecule has 132 valence electrons. The van der Waals surface area contributed by atoms with Crippen molar-refractivity contribution in [2.45, 2.75) is 4.90 Å². The predicted octanol–water partition coefficient (Wildman–Crippen LogP) is 0.525. The van der Waals surface area contributed by atoms with Crippen molar-refractivity contribution >= 4 is 21.8 Å². The molecule has 1 aromatic carbocycles. The first kappa shape index (κ1) is 17.2. The molecule has 0 aliphatic carbocycles. The Bertz CT molecular complexity index is 867. The Hall–Kier alpha value is -2.65. The first-order chi connectivity index (χ1) is 11.9. The molecular formula is C16H17N3O5S. The first-order valence-electron chi connectivity index (χ1n) is 7.61. The lowest BCUT2D eigenvalue weighted by atomic mass is 10.2. The molecule has 1 saturated heterocycles. The lowest BCUT2D eigenvalue weighted by molar-refractivity contribution is 0.0518. The van der Waals surface area contributed by atoms with E-state index in [4.69, 9.17) is 9.56 Å². The number of benzene rings is 1. The normalized spacial score (nSPS) is 15.2. The summed E-state index contributed by atoms with van der Waals surface area (Å²) in [5.74, 6) is -0.140. The molecule has 3 rings (SSSR count). The van der Waals surface area contributed by atoms with E-state index in [2.05, 4.69) is 0 Å². The Balaban J connectivity index is 1.63. The van der Waals surface area contributed by atoms with E-state index < -0.39 is 10.0 Å². The van der Waals surface area contributed by atoms with Gasteiger partial charge in [-0.15, -0.1) is 0 Å². The zero-order chi connectivity index (χ0) is 18.0. The van der Waals surface area contributed by atoms with E-state index >= 15 is 0 Å². The van der Waals surface area contributed by atoms with E-state index in [1.165, 1.54) is 30.5 Å². The van der Waals surface area contributed by atoms with E-state index in [1.807, 2.05) is 0 Å². The van der Waals surface area contributed by atoms with E-state index in [0.29, 0.717) is 31.7 Å². The van der Waals surface area contributed by atoms with Crippen molar-refractivity contribution in [1.29, 1.82) is 0 Å². The number of carbonyl (C=O) groups is 2. The van der Waals surface area contributed by atoms with Gasteiger partial charge in [-0.1, -0.05) is 0 Å². The van der Waals surface area contributed by atoms with Crippen LogP contribution in [0.5, 0.6) is 0 Å². The highest BCUT2D eigenvalue weighted by Gasteiger charge is 2.26. The molecule has 0 bridgehead atoms. The summed E-state index contributed by atoms with van der Waals surface area (Å²) in [7, 11) is -3.79. The minimum Gasteiger partial charge on any atom is -0.459 e. The predicted molar refractivity (Wildman–Crippen MR) is 88.3 cm³/mol. The number of nitrogens with two attached hydrogens (primary N) is 1. The minimum atomic E-state index is -3.79. The molecule has 0 atom stereocenters. The molecule has 2 N–H and O–H groups in total. The minimum absolute atomic E-state index is 0.0436. The molecule has 0 radical (unpaired) electrons. The van der Waals surface area contributed by atoms with Crippen LogP contribution in [-0.4, -0.2) is 56.2 Å². The number of piperazine rings is 1. The second kappa shape index (κ2) is 6.69. The van der Waals surface area contributed by atoms with Crippen molar-refractivity contribution in [3.05, 3.63) is 54.0 Å². The number of sulfonamides is 1. The highest BCUT2D eigenvalue weighted by Crippen LogP contribution is 2.14. The Morgan fingerprint density at radius 2 is 1.48 bits per heavy atom. The van der Waals surface area contributed by atoms with E-state index in [9.17, 15) is 18.0 Å². The van der Waals surface area contributed by atoms with Crippen LogP contribution in [0.15, 0.2) is 52.0 Å². The Kier molecular flexibility index (Phi) is 4.60. The standard InChI is InChI=1S/C16H17N3O5S/c17-25(22,23)13-5-3-12(4-6-13)15(20)18-7-9-19(10-8-18)16(21)14-2-1-11-24-14/h1-6,11H,7-10H2,(H2,17,22,23). The van der Waals surface area contributed by atoms with E-state index in [0.717, 1.165) is 0 Å². The van der Waals surface area contributed by atoms with Gasteiger partial charge < -0.3 is 14.2 Å². The molecule has 25 heavy (non-hydrogen) atoms. The maximum Gasteiger partial charge on any atom is 0.289 e. The molecule has 1 aromatic heterocycles. The van der Waals surface area contributed by atoms with Crippen LogP contribution in [0.4, 0.5) is 0 Å². The van der Waals surface area contributed by atoms with Crippen molar-refractivity contribution in [1.82, 2.24) is 9.80 Å². The molecule has 2 heterocycles. The van der Waals surface area contributed by atoms with E-state index in [-0.39, 0.29) is 22.5 Å². The molecular weight excluding hydrogens is 346 g/mol. The fourth-order valence-corrected chi connectivity index (χ4v) is 3.15. The van der Waals surface area contributed by atoms with Gasteiger partial charge >= 0.3 is 0 Å². The molecule has 0 saturated carbocycles. The number of furan rings is 1. The van der Waals surface area contributed by atoms with Crippen LogP contribution in [0.1, 0.15) is 20.9 Å². The van der Waals surface area contributed by atoms with Crippen LogP contribution in [0, 0.1) is 0 Å². The fourth-order valence-electron chi connectivity index (χ4n) is 2.64. The molecule has 0 spiro atoms. The monoisotopic (exact) mass is 363 g/mol. The van der Waals surface area contributed by atoms with Gasteiger partial charge in [0.2, 0.25) is 10.0 Å². The number of rotatable bonds is 3. The van der Waals surface area contributed by atoms with Crippen molar-refractivity contribution in [2.24, 2.45) is 5.14 Å². The van der Waals surface area contributed by atoms with Crippen LogP contribution in [0.3, 0.4) is 0 Å². The molecule has 1 aliphatic heterocycles. The summed E-state index contributed by atoms with van der Waals surface area (Å²) in [5.41, 5.74) is 0.373. The summed E-state index contributed by atoms with van der Waals surface area (Å²) in [6, 6.07) is 8.73. The number of primary sulfonamides is 1. The summed E-state index contributed by atoms with van der Waals surface area (Å²) in [5, 5.41) is 5.04. The molecule has 9 heteroatoms. The average molecular weight is 363 g/mol. The van der Waals surface area contributed by atoms with Gasteiger partial charge in [0.1, 0.15) is 0 Å². The molecule has 8 nitrogen and oxygen atoms in total. The smallest absolute Gasteiger partial charge is 0.289 e. The van der Waals surface area contributed by atoms with Gasteiger partial charge in [-0.25, -0.2) is 13.6 Å². The quantitative estimate of drug-likeness (QED) is 0.854. The lowest BCUT2D eigenvalue weighted by Crippen LogP contribution is -2.50. The second-order valence-corrected chi connectivity index (χ2v) is 7.19. The first-order valence-corrected chi connectivity index (χ1v) is 9.16. The lowest BCUT2D eigenvalue weighted by Gasteiger charge is -2.34. The Labute approximate surface area is 144 Å². The topological polar surface area (TPSA) is 114 Å². The van der Waals surface area contributed by atoms with Crippen LogP contribution < -0.4 is 5.14 Å². The number of hydrogen-bond donors (Lipinski definition) is 1. The second-order valence-electron chi connectivity index (χ2n) is 5.63. The van der Waals surface area contributed by atoms with Crippen molar-refractivity contribution in [3.63, 3.8) is 0 Å². The number of hydrogen-bond acceptors (Lipinski definition) is 5. The van der Waals surface area contributed by atoms with Gasteiger partial charge in [0.15, 0.2) is 5.76 Å². The maximum atomic E-state index is 12.5. The third kappa shape index (κ3) is 3.72. The van der Waals surface area contributed by atoms with Gasteiger partial charge in [0, 0.05) is 31.7 Å². The largest absolute Gasteiger partial charge is 0.459 e. The molecule has 1 aliphatic rings. The van der Waals surface area contributed by atoms with Crippen LogP contribution in [0.2, 0.25) is 0 Å². The van der Waals surface area contributed by atoms with Crippen molar-refractivity contribution in [3.8, 4) is 0 Å². The maximum absolute atomic E-state index is 12.5. The summed E-state index contributed by atoms with van der Waals surface area (Å²) >= 11 is 0. The van der Waals surface area contributed by atoms with Gasteiger partial charge in [0.25, 0.3) is 11.8 Å². The van der Waals surface area contributed by atoms with Crippen molar-refractivity contribution in [2.75, 3.05) is 26.2 Å². The Morgan fingerprint density at radius 1 is 0.920 bits per heavy atom. The third-order valence-electron chi connectivity index (χ3n) is 4.02. The highest BCUT2D eigenvalue weighted by molar-refractivity contribution is 7.89. The zero-order valence-corrected chi connectivity index (χ0v) is 14.1. The van der Waals surface area contributed by atoms with Crippen LogP contribution >= 0.6 is 0 Å². The third-order valence-corrected chi connectivity index (χ3v) is 4.95. The van der Waals surface area contributed by atoms with Gasteiger partial charge in [-0.3, -0.25) is 9.59 Å². The van der Waals surface area contributed by atoms with Crippen molar-refractivity contribution < 1.29 is 22.4 Å². The summed E-state index contributed by atoms with van der Waals surface area (Å²) in [6.07, 6.45) is 1.44. The van der Waals surface area contributed by atoms with Gasteiger partial charge in [-0.05, 0) is 36.4 Å². The average Bonchev–Trinajstić information content (AvgIpc) is 3.14. The summed E-state index contributed by atoms with van der Waals surface area (Å²) in [4.78, 5) is 27.9. The highest BCUT2D eigenvalue weighted by atomic mass is 32.2. The molecule has 2 aromatic rings. The van der Waals surface area contributed by atoms with Crippen LogP contribution in [-0.2, 0) is 10.0 Å². The van der Waals surface area contributed by atoms with Gasteiger partial charge in [0.05, 0.1) is 11.2 Å². The number of amides is 2. The van der Waals surface area contributed by atoms with Crippen LogP contribution in [0.25, 0.3) is 0 Å². The Morgan fingerprint density at radius 3 is 1.96 bits per heavy atom. The molecule has 0 unspecified atom stereocenters. The molecule has 2 amide bonds. The fraction of sp³-hybridized carbons (Fsp3) is 0.250. The molecule has 1 fully saturated rings. The SMILES string of the molecule is NS(=O)(=O)c1ccc(C(=O)N2CCN(C(=O)c3ccco3)CC2)cc1. The zero-order valence-electron chi connectivity index (χ0n) is 13.3.